The molecule has 0 aliphatic rings. The van der Waals surface area contributed by atoms with Crippen molar-refractivity contribution in [1.29, 1.82) is 5.26 Å². The van der Waals surface area contributed by atoms with E-state index in [1.807, 2.05) is 6.07 Å². The Hall–Kier alpha value is -1.25. The molecule has 4 nitrogen and oxygen atoms in total. The standard InChI is InChI=1S/C12H15ClN2O2S/c1-12(2,18(3,16)17)8-15-10-5-4-9(7-14)11(13)6-10/h4-6,15H,8H2,1-3H3. The second kappa shape index (κ2) is 5.17. The maximum atomic E-state index is 11.5. The predicted molar refractivity (Wildman–Crippen MR) is 73.6 cm³/mol. The molecule has 0 bridgehead atoms. The molecule has 1 N–H and O–H groups in total. The van der Waals surface area contributed by atoms with Gasteiger partial charge in [-0.05, 0) is 32.0 Å². The normalized spacial score (nSPS) is 11.9. The molecule has 1 aromatic rings. The van der Waals surface area contributed by atoms with Crippen LogP contribution in [-0.2, 0) is 9.84 Å². The molecule has 0 saturated heterocycles. The van der Waals surface area contributed by atoms with Gasteiger partial charge in [-0.2, -0.15) is 5.26 Å². The summed E-state index contributed by atoms with van der Waals surface area (Å²) in [5.74, 6) is 0. The van der Waals surface area contributed by atoms with E-state index >= 15 is 0 Å². The predicted octanol–water partition coefficient (Wildman–Crippen LogP) is 2.45. The van der Waals surface area contributed by atoms with Crippen LogP contribution in [0, 0.1) is 11.3 Å². The minimum atomic E-state index is -3.14. The molecule has 0 radical (unpaired) electrons. The molecule has 1 aromatic carbocycles. The number of rotatable bonds is 4. The van der Waals surface area contributed by atoms with Gasteiger partial charge in [0.2, 0.25) is 0 Å². The summed E-state index contributed by atoms with van der Waals surface area (Å²) < 4.78 is 22.2. The lowest BCUT2D eigenvalue weighted by atomic mass is 10.2. The molecular weight excluding hydrogens is 272 g/mol. The van der Waals surface area contributed by atoms with E-state index in [1.54, 1.807) is 32.0 Å². The molecule has 0 aliphatic carbocycles. The smallest absolute Gasteiger partial charge is 0.154 e. The van der Waals surface area contributed by atoms with Gasteiger partial charge in [-0.1, -0.05) is 11.6 Å². The second-order valence-corrected chi connectivity index (χ2v) is 7.75. The van der Waals surface area contributed by atoms with Crippen LogP contribution in [-0.4, -0.2) is 26.0 Å². The third-order valence-electron chi connectivity index (χ3n) is 2.81. The van der Waals surface area contributed by atoms with Crippen molar-refractivity contribution < 1.29 is 8.42 Å². The second-order valence-electron chi connectivity index (χ2n) is 4.69. The van der Waals surface area contributed by atoms with E-state index in [9.17, 15) is 8.42 Å². The molecule has 6 heteroatoms. The molecule has 0 spiro atoms. The van der Waals surface area contributed by atoms with E-state index in [4.69, 9.17) is 16.9 Å². The molecule has 0 unspecified atom stereocenters. The molecule has 0 amide bonds. The number of hydrogen-bond acceptors (Lipinski definition) is 4. The van der Waals surface area contributed by atoms with Gasteiger partial charge < -0.3 is 5.32 Å². The van der Waals surface area contributed by atoms with Crippen molar-refractivity contribution in [2.45, 2.75) is 18.6 Å². The van der Waals surface area contributed by atoms with Crippen LogP contribution in [0.25, 0.3) is 0 Å². The maximum absolute atomic E-state index is 11.5. The van der Waals surface area contributed by atoms with E-state index in [1.165, 1.54) is 6.26 Å². The van der Waals surface area contributed by atoms with Crippen LogP contribution in [0.4, 0.5) is 5.69 Å². The highest BCUT2D eigenvalue weighted by Gasteiger charge is 2.29. The van der Waals surface area contributed by atoms with Crippen LogP contribution in [0.5, 0.6) is 0 Å². The highest BCUT2D eigenvalue weighted by molar-refractivity contribution is 7.92. The number of sulfone groups is 1. The van der Waals surface area contributed by atoms with E-state index in [0.717, 1.165) is 0 Å². The van der Waals surface area contributed by atoms with Gasteiger partial charge >= 0.3 is 0 Å². The zero-order chi connectivity index (χ0) is 14.0. The van der Waals surface area contributed by atoms with Crippen LogP contribution < -0.4 is 5.32 Å². The van der Waals surface area contributed by atoms with Crippen molar-refractivity contribution in [1.82, 2.24) is 0 Å². The first-order chi connectivity index (χ1) is 8.17. The van der Waals surface area contributed by atoms with Crippen LogP contribution >= 0.6 is 11.6 Å². The summed E-state index contributed by atoms with van der Waals surface area (Å²) in [6, 6.07) is 6.87. The van der Waals surface area contributed by atoms with Gasteiger partial charge in [0.05, 0.1) is 15.3 Å². The van der Waals surface area contributed by atoms with Gasteiger partial charge in [-0.15, -0.1) is 0 Å². The monoisotopic (exact) mass is 286 g/mol. The topological polar surface area (TPSA) is 70.0 Å². The Balaban J connectivity index is 2.83. The fourth-order valence-corrected chi connectivity index (χ4v) is 1.72. The summed E-state index contributed by atoms with van der Waals surface area (Å²) in [5, 5.41) is 12.1. The molecular formula is C12H15ClN2O2S. The first-order valence-electron chi connectivity index (χ1n) is 5.30. The summed E-state index contributed by atoms with van der Waals surface area (Å²) in [6.07, 6.45) is 1.21. The molecule has 0 aliphatic heterocycles. The van der Waals surface area contributed by atoms with Crippen LogP contribution in [0.15, 0.2) is 18.2 Å². The lowest BCUT2D eigenvalue weighted by molar-refractivity contribution is 0.560. The summed E-state index contributed by atoms with van der Waals surface area (Å²) >= 11 is 5.89. The van der Waals surface area contributed by atoms with Gasteiger partial charge in [-0.25, -0.2) is 8.42 Å². The highest BCUT2D eigenvalue weighted by Crippen LogP contribution is 2.22. The van der Waals surface area contributed by atoms with Crippen molar-refractivity contribution in [3.63, 3.8) is 0 Å². The maximum Gasteiger partial charge on any atom is 0.154 e. The Labute approximate surface area is 112 Å². The summed E-state index contributed by atoms with van der Waals surface area (Å²) in [4.78, 5) is 0. The summed E-state index contributed by atoms with van der Waals surface area (Å²) in [6.45, 7) is 3.58. The molecule has 0 atom stereocenters. The zero-order valence-electron chi connectivity index (χ0n) is 10.5. The van der Waals surface area contributed by atoms with Crippen molar-refractivity contribution in [2.24, 2.45) is 0 Å². The number of hydrogen-bond donors (Lipinski definition) is 1. The molecule has 0 aromatic heterocycles. The van der Waals surface area contributed by atoms with Gasteiger partial charge in [0.15, 0.2) is 9.84 Å². The fourth-order valence-electron chi connectivity index (χ4n) is 1.16. The van der Waals surface area contributed by atoms with Crippen LogP contribution in [0.2, 0.25) is 5.02 Å². The Morgan fingerprint density at radius 2 is 2.06 bits per heavy atom. The average Bonchev–Trinajstić information content (AvgIpc) is 2.25. The van der Waals surface area contributed by atoms with Gasteiger partial charge in [-0.3, -0.25) is 0 Å². The fraction of sp³-hybridized carbons (Fsp3) is 0.417. The summed E-state index contributed by atoms with van der Waals surface area (Å²) in [7, 11) is -3.14. The quantitative estimate of drug-likeness (QED) is 0.923. The number of nitrogens with zero attached hydrogens (tertiary/aromatic N) is 1. The minimum absolute atomic E-state index is 0.272. The molecule has 18 heavy (non-hydrogen) atoms. The van der Waals surface area contributed by atoms with E-state index in [-0.39, 0.29) is 6.54 Å². The van der Waals surface area contributed by atoms with Crippen molar-refractivity contribution >= 4 is 27.1 Å². The molecule has 1 rings (SSSR count). The molecule has 0 saturated carbocycles. The Kier molecular flexibility index (Phi) is 4.25. The number of halogens is 1. The number of benzene rings is 1. The first kappa shape index (κ1) is 14.8. The van der Waals surface area contributed by atoms with Gasteiger partial charge in [0.1, 0.15) is 6.07 Å². The van der Waals surface area contributed by atoms with E-state index in [0.29, 0.717) is 16.3 Å². The first-order valence-corrected chi connectivity index (χ1v) is 7.57. The Morgan fingerprint density at radius 3 is 2.50 bits per heavy atom. The van der Waals surface area contributed by atoms with Crippen molar-refractivity contribution in [2.75, 3.05) is 18.1 Å². The van der Waals surface area contributed by atoms with Crippen molar-refractivity contribution in [3.05, 3.63) is 28.8 Å². The largest absolute Gasteiger partial charge is 0.383 e. The third-order valence-corrected chi connectivity index (χ3v) is 5.28. The SMILES string of the molecule is CC(C)(CNc1ccc(C#N)c(Cl)c1)S(C)(=O)=O. The van der Waals surface area contributed by atoms with Crippen molar-refractivity contribution in [3.8, 4) is 6.07 Å². The lowest BCUT2D eigenvalue weighted by Gasteiger charge is -2.23. The van der Waals surface area contributed by atoms with Gasteiger partial charge in [0, 0.05) is 18.5 Å². The van der Waals surface area contributed by atoms with E-state index in [2.05, 4.69) is 5.32 Å². The average molecular weight is 287 g/mol. The Bertz CT molecular complexity index is 589. The van der Waals surface area contributed by atoms with Gasteiger partial charge in [0.25, 0.3) is 0 Å². The lowest BCUT2D eigenvalue weighted by Crippen LogP contribution is -2.38. The molecule has 98 valence electrons. The van der Waals surface area contributed by atoms with Crippen LogP contribution in [0.3, 0.4) is 0 Å². The number of nitrogens with one attached hydrogen (secondary N) is 1. The number of nitriles is 1. The zero-order valence-corrected chi connectivity index (χ0v) is 12.1. The minimum Gasteiger partial charge on any atom is -0.383 e. The molecule has 0 fully saturated rings. The molecule has 0 heterocycles. The summed E-state index contributed by atoms with van der Waals surface area (Å²) in [5.41, 5.74) is 1.08. The van der Waals surface area contributed by atoms with E-state index < -0.39 is 14.6 Å². The van der Waals surface area contributed by atoms with Crippen LogP contribution in [0.1, 0.15) is 19.4 Å². The third kappa shape index (κ3) is 3.37. The highest BCUT2D eigenvalue weighted by atomic mass is 35.5. The Morgan fingerprint density at radius 1 is 1.44 bits per heavy atom. The number of anilines is 1.